The van der Waals surface area contributed by atoms with Crippen molar-refractivity contribution in [3.63, 3.8) is 0 Å². The Balaban J connectivity index is 1.54. The van der Waals surface area contributed by atoms with Crippen molar-refractivity contribution in [2.75, 3.05) is 44.2 Å². The summed E-state index contributed by atoms with van der Waals surface area (Å²) in [6, 6.07) is 2.80. The third kappa shape index (κ3) is 5.25. The minimum atomic E-state index is -1.32. The maximum absolute atomic E-state index is 15.1. The van der Waals surface area contributed by atoms with Crippen molar-refractivity contribution < 1.29 is 19.1 Å². The molecule has 9 nitrogen and oxygen atoms in total. The Bertz CT molecular complexity index is 1310. The van der Waals surface area contributed by atoms with Gasteiger partial charge >= 0.3 is 5.97 Å². The SMILES string of the molecule is C=CCO/N=C(\CN1CCN(c2cc3c(cc2F)c(=O)c(C(=O)O)cn3CC)CC1)c1nccs1. The Morgan fingerprint density at radius 3 is 2.74 bits per heavy atom. The minimum absolute atomic E-state index is 0.0652. The van der Waals surface area contributed by atoms with Gasteiger partial charge in [-0.1, -0.05) is 17.8 Å². The zero-order valence-electron chi connectivity index (χ0n) is 19.3. The van der Waals surface area contributed by atoms with E-state index < -0.39 is 17.2 Å². The molecule has 3 aromatic rings. The van der Waals surface area contributed by atoms with Gasteiger partial charge in [-0.3, -0.25) is 9.69 Å². The molecule has 0 aliphatic carbocycles. The fraction of sp³-hybridized carbons (Fsp3) is 0.333. The summed E-state index contributed by atoms with van der Waals surface area (Å²) in [6.45, 7) is 9.26. The first-order chi connectivity index (χ1) is 16.9. The molecule has 1 aliphatic heterocycles. The van der Waals surface area contributed by atoms with Gasteiger partial charge in [0.1, 0.15) is 28.7 Å². The smallest absolute Gasteiger partial charge is 0.341 e. The van der Waals surface area contributed by atoms with Gasteiger partial charge in [0.15, 0.2) is 0 Å². The molecule has 3 heterocycles. The molecule has 0 atom stereocenters. The van der Waals surface area contributed by atoms with E-state index in [2.05, 4.69) is 21.6 Å². The average Bonchev–Trinajstić information content (AvgIpc) is 3.39. The monoisotopic (exact) mass is 499 g/mol. The average molecular weight is 500 g/mol. The van der Waals surface area contributed by atoms with Gasteiger partial charge in [0.25, 0.3) is 0 Å². The fourth-order valence-electron chi connectivity index (χ4n) is 4.08. The van der Waals surface area contributed by atoms with Gasteiger partial charge in [0.05, 0.1) is 11.2 Å². The largest absolute Gasteiger partial charge is 0.477 e. The number of halogens is 1. The Morgan fingerprint density at radius 1 is 1.34 bits per heavy atom. The quantitative estimate of drug-likeness (QED) is 0.209. The highest BCUT2D eigenvalue weighted by atomic mass is 32.1. The summed E-state index contributed by atoms with van der Waals surface area (Å²) >= 11 is 1.49. The molecule has 2 aromatic heterocycles. The molecule has 0 amide bonds. The van der Waals surface area contributed by atoms with Crippen LogP contribution in [0.2, 0.25) is 0 Å². The molecule has 35 heavy (non-hydrogen) atoms. The molecule has 0 bridgehead atoms. The molecular weight excluding hydrogens is 473 g/mol. The number of anilines is 1. The van der Waals surface area contributed by atoms with E-state index in [1.165, 1.54) is 17.5 Å². The number of carbonyl (C=O) groups is 1. The van der Waals surface area contributed by atoms with E-state index in [0.29, 0.717) is 57.1 Å². The maximum Gasteiger partial charge on any atom is 0.341 e. The Kier molecular flexibility index (Phi) is 7.57. The molecule has 1 aliphatic rings. The zero-order chi connectivity index (χ0) is 24.9. The molecule has 0 unspecified atom stereocenters. The summed E-state index contributed by atoms with van der Waals surface area (Å²) in [5.74, 6) is -1.87. The number of carboxylic acids is 1. The van der Waals surface area contributed by atoms with E-state index in [-0.39, 0.29) is 10.9 Å². The molecule has 1 fully saturated rings. The van der Waals surface area contributed by atoms with Gasteiger partial charge in [0.2, 0.25) is 5.43 Å². The van der Waals surface area contributed by atoms with Crippen molar-refractivity contribution in [2.45, 2.75) is 13.5 Å². The molecule has 0 spiro atoms. The van der Waals surface area contributed by atoms with Crippen LogP contribution in [-0.2, 0) is 11.4 Å². The highest BCUT2D eigenvalue weighted by Crippen LogP contribution is 2.26. The van der Waals surface area contributed by atoms with Crippen molar-refractivity contribution in [3.8, 4) is 0 Å². The number of aromatic nitrogens is 2. The number of fused-ring (bicyclic) bond motifs is 1. The summed E-state index contributed by atoms with van der Waals surface area (Å²) in [5.41, 5.74) is 0.590. The number of thiazole rings is 1. The van der Waals surface area contributed by atoms with E-state index >= 15 is 4.39 Å². The van der Waals surface area contributed by atoms with Gasteiger partial charge in [-0.25, -0.2) is 14.2 Å². The number of oxime groups is 1. The number of carboxylic acid groups (broad SMARTS) is 1. The molecule has 11 heteroatoms. The number of piperazine rings is 1. The van der Waals surface area contributed by atoms with Gasteiger partial charge in [-0.05, 0) is 19.1 Å². The number of aryl methyl sites for hydroxylation is 1. The number of rotatable bonds is 9. The van der Waals surface area contributed by atoms with Crippen molar-refractivity contribution in [3.05, 3.63) is 69.2 Å². The zero-order valence-corrected chi connectivity index (χ0v) is 20.1. The number of nitrogens with zero attached hydrogens (tertiary/aromatic N) is 5. The van der Waals surface area contributed by atoms with E-state index in [4.69, 9.17) is 4.84 Å². The predicted molar refractivity (Wildman–Crippen MR) is 134 cm³/mol. The molecule has 1 aromatic carbocycles. The molecule has 0 saturated carbocycles. The van der Waals surface area contributed by atoms with Crippen LogP contribution in [0.1, 0.15) is 22.3 Å². The van der Waals surface area contributed by atoms with Crippen LogP contribution >= 0.6 is 11.3 Å². The predicted octanol–water partition coefficient (Wildman–Crippen LogP) is 3.04. The normalized spacial score (nSPS) is 14.9. The maximum atomic E-state index is 15.1. The second kappa shape index (κ2) is 10.8. The first-order valence-corrected chi connectivity index (χ1v) is 12.1. The van der Waals surface area contributed by atoms with Crippen LogP contribution in [0.15, 0.2) is 52.5 Å². The lowest BCUT2D eigenvalue weighted by atomic mass is 10.1. The third-order valence-corrected chi connectivity index (χ3v) is 6.67. The van der Waals surface area contributed by atoms with E-state index in [0.717, 1.165) is 16.8 Å². The standard InChI is InChI=1S/C24H26FN5O4S/c1-3-10-34-27-19(23-26-5-11-35-23)15-28-6-8-30(9-7-28)21-13-20-16(12-18(21)25)22(31)17(24(32)33)14-29(20)4-2/h3,5,11-14H,1,4,6-10,15H2,2H3,(H,32,33)/b27-19+. The van der Waals surface area contributed by atoms with Gasteiger partial charge in [-0.15, -0.1) is 11.3 Å². The lowest BCUT2D eigenvalue weighted by Gasteiger charge is -2.36. The number of aromatic carboxylic acids is 1. The Morgan fingerprint density at radius 2 is 2.11 bits per heavy atom. The molecule has 184 valence electrons. The van der Waals surface area contributed by atoms with E-state index in [1.807, 2.05) is 17.2 Å². The lowest BCUT2D eigenvalue weighted by molar-refractivity contribution is 0.0695. The second-order valence-corrected chi connectivity index (χ2v) is 8.90. The third-order valence-electron chi connectivity index (χ3n) is 5.85. The fourth-order valence-corrected chi connectivity index (χ4v) is 4.69. The van der Waals surface area contributed by atoms with Gasteiger partial charge in [0, 0.05) is 62.4 Å². The summed E-state index contributed by atoms with van der Waals surface area (Å²) < 4.78 is 16.8. The highest BCUT2D eigenvalue weighted by molar-refractivity contribution is 7.11. The summed E-state index contributed by atoms with van der Waals surface area (Å²) in [5, 5.41) is 16.3. The minimum Gasteiger partial charge on any atom is -0.477 e. The topological polar surface area (TPSA) is 100 Å². The van der Waals surface area contributed by atoms with Gasteiger partial charge in [-0.2, -0.15) is 0 Å². The molecular formula is C24H26FN5O4S. The van der Waals surface area contributed by atoms with Crippen LogP contribution in [0.25, 0.3) is 10.9 Å². The number of pyridine rings is 1. The summed E-state index contributed by atoms with van der Waals surface area (Å²) in [4.78, 5) is 37.8. The Hall–Kier alpha value is -3.57. The van der Waals surface area contributed by atoms with Crippen molar-refractivity contribution in [2.24, 2.45) is 5.16 Å². The van der Waals surface area contributed by atoms with E-state index in [1.54, 1.807) is 22.9 Å². The summed E-state index contributed by atoms with van der Waals surface area (Å²) in [6.07, 6.45) is 4.67. The second-order valence-electron chi connectivity index (χ2n) is 8.01. The van der Waals surface area contributed by atoms with Crippen LogP contribution in [-0.4, -0.2) is 70.6 Å². The molecule has 0 radical (unpaired) electrons. The van der Waals surface area contributed by atoms with Crippen molar-refractivity contribution in [1.29, 1.82) is 0 Å². The molecule has 1 N–H and O–H groups in total. The van der Waals surface area contributed by atoms with Gasteiger partial charge < -0.3 is 19.4 Å². The molecule has 1 saturated heterocycles. The van der Waals surface area contributed by atoms with Crippen LogP contribution in [0.3, 0.4) is 0 Å². The lowest BCUT2D eigenvalue weighted by Crippen LogP contribution is -2.48. The van der Waals surface area contributed by atoms with Crippen LogP contribution in [0.4, 0.5) is 10.1 Å². The van der Waals surface area contributed by atoms with Crippen LogP contribution in [0.5, 0.6) is 0 Å². The number of hydrogen-bond acceptors (Lipinski definition) is 8. The highest BCUT2D eigenvalue weighted by Gasteiger charge is 2.24. The van der Waals surface area contributed by atoms with E-state index in [9.17, 15) is 14.7 Å². The van der Waals surface area contributed by atoms with Crippen LogP contribution in [0, 0.1) is 5.82 Å². The number of benzene rings is 1. The Labute approximate surface area is 205 Å². The first-order valence-electron chi connectivity index (χ1n) is 11.2. The van der Waals surface area contributed by atoms with Crippen molar-refractivity contribution >= 4 is 39.6 Å². The summed E-state index contributed by atoms with van der Waals surface area (Å²) in [7, 11) is 0. The van der Waals surface area contributed by atoms with Crippen molar-refractivity contribution in [1.82, 2.24) is 14.5 Å². The first kappa shape index (κ1) is 24.6. The van der Waals surface area contributed by atoms with Crippen LogP contribution < -0.4 is 10.3 Å². The molecule has 4 rings (SSSR count). The number of hydrogen-bond donors (Lipinski definition) is 1.